The monoisotopic (exact) mass is 330 g/mol. The molecule has 92 valence electrons. The van der Waals surface area contributed by atoms with Crippen LogP contribution in [0.2, 0.25) is 0 Å². The second-order valence-electron chi connectivity index (χ2n) is 4.17. The SMILES string of the molecule is Cc1nc(-c2cc(Br)cs2)sc1CCC(C)N. The molecule has 5 heteroatoms. The smallest absolute Gasteiger partial charge is 0.133 e. The number of hydrogen-bond acceptors (Lipinski definition) is 4. The van der Waals surface area contributed by atoms with Crippen LogP contribution in [0.25, 0.3) is 9.88 Å². The van der Waals surface area contributed by atoms with Gasteiger partial charge in [-0.15, -0.1) is 22.7 Å². The lowest BCUT2D eigenvalue weighted by molar-refractivity contribution is 0.668. The van der Waals surface area contributed by atoms with Crippen LogP contribution in [-0.4, -0.2) is 11.0 Å². The predicted molar refractivity (Wildman–Crippen MR) is 79.8 cm³/mol. The molecule has 17 heavy (non-hydrogen) atoms. The van der Waals surface area contributed by atoms with Crippen molar-refractivity contribution in [2.45, 2.75) is 32.7 Å². The van der Waals surface area contributed by atoms with Crippen molar-refractivity contribution in [3.8, 4) is 9.88 Å². The maximum Gasteiger partial charge on any atom is 0.133 e. The Morgan fingerprint density at radius 2 is 2.29 bits per heavy atom. The summed E-state index contributed by atoms with van der Waals surface area (Å²) in [6.07, 6.45) is 2.06. The van der Waals surface area contributed by atoms with Crippen LogP contribution < -0.4 is 5.73 Å². The molecule has 2 aromatic rings. The molecule has 0 aromatic carbocycles. The van der Waals surface area contributed by atoms with E-state index in [9.17, 15) is 0 Å². The highest BCUT2D eigenvalue weighted by Gasteiger charge is 2.11. The molecule has 0 radical (unpaired) electrons. The zero-order valence-electron chi connectivity index (χ0n) is 9.87. The van der Waals surface area contributed by atoms with Crippen molar-refractivity contribution in [2.24, 2.45) is 5.73 Å². The minimum absolute atomic E-state index is 0.260. The first-order valence-electron chi connectivity index (χ1n) is 5.52. The van der Waals surface area contributed by atoms with Crippen molar-refractivity contribution >= 4 is 38.6 Å². The van der Waals surface area contributed by atoms with Gasteiger partial charge in [-0.05, 0) is 48.7 Å². The maximum atomic E-state index is 5.79. The van der Waals surface area contributed by atoms with Crippen molar-refractivity contribution in [1.29, 1.82) is 0 Å². The molecule has 2 N–H and O–H groups in total. The van der Waals surface area contributed by atoms with E-state index in [1.54, 1.807) is 22.7 Å². The van der Waals surface area contributed by atoms with Gasteiger partial charge in [0, 0.05) is 20.8 Å². The van der Waals surface area contributed by atoms with Crippen LogP contribution in [0.1, 0.15) is 23.9 Å². The summed E-state index contributed by atoms with van der Waals surface area (Å²) in [5.41, 5.74) is 6.94. The van der Waals surface area contributed by atoms with E-state index in [2.05, 4.69) is 39.3 Å². The maximum absolute atomic E-state index is 5.79. The van der Waals surface area contributed by atoms with E-state index >= 15 is 0 Å². The number of aromatic nitrogens is 1. The van der Waals surface area contributed by atoms with Gasteiger partial charge in [-0.25, -0.2) is 4.98 Å². The molecule has 2 nitrogen and oxygen atoms in total. The Bertz CT molecular complexity index is 502. The largest absolute Gasteiger partial charge is 0.328 e. The fraction of sp³-hybridized carbons (Fsp3) is 0.417. The van der Waals surface area contributed by atoms with Crippen LogP contribution in [0.4, 0.5) is 0 Å². The normalized spacial score (nSPS) is 12.9. The van der Waals surface area contributed by atoms with Gasteiger partial charge in [0.25, 0.3) is 0 Å². The van der Waals surface area contributed by atoms with E-state index in [0.29, 0.717) is 0 Å². The molecule has 0 amide bonds. The molecule has 1 unspecified atom stereocenters. The first-order valence-corrected chi connectivity index (χ1v) is 8.01. The van der Waals surface area contributed by atoms with E-state index < -0.39 is 0 Å². The van der Waals surface area contributed by atoms with Crippen LogP contribution in [0.3, 0.4) is 0 Å². The van der Waals surface area contributed by atoms with Crippen LogP contribution in [0.5, 0.6) is 0 Å². The molecule has 0 spiro atoms. The summed E-state index contributed by atoms with van der Waals surface area (Å²) < 4.78 is 1.13. The fourth-order valence-electron chi connectivity index (χ4n) is 1.55. The summed E-state index contributed by atoms with van der Waals surface area (Å²) in [5, 5.41) is 3.21. The van der Waals surface area contributed by atoms with Crippen molar-refractivity contribution in [2.75, 3.05) is 0 Å². The van der Waals surface area contributed by atoms with Gasteiger partial charge in [0.1, 0.15) is 5.01 Å². The topological polar surface area (TPSA) is 38.9 Å². The van der Waals surface area contributed by atoms with Gasteiger partial charge in [-0.3, -0.25) is 0 Å². The number of aryl methyl sites for hydroxylation is 2. The van der Waals surface area contributed by atoms with Crippen LogP contribution >= 0.6 is 38.6 Å². The number of hydrogen-bond donors (Lipinski definition) is 1. The number of halogens is 1. The molecule has 0 bridgehead atoms. The number of thiazole rings is 1. The van der Waals surface area contributed by atoms with E-state index in [1.807, 2.05) is 6.92 Å². The summed E-state index contributed by atoms with van der Waals surface area (Å²) in [5.74, 6) is 0. The summed E-state index contributed by atoms with van der Waals surface area (Å²) in [6, 6.07) is 2.38. The lowest BCUT2D eigenvalue weighted by Crippen LogP contribution is -2.15. The Morgan fingerprint density at radius 3 is 2.88 bits per heavy atom. The summed E-state index contributed by atoms with van der Waals surface area (Å²) in [6.45, 7) is 4.13. The van der Waals surface area contributed by atoms with Gasteiger partial charge in [0.05, 0.1) is 10.6 Å². The van der Waals surface area contributed by atoms with Gasteiger partial charge in [-0.2, -0.15) is 0 Å². The van der Waals surface area contributed by atoms with Gasteiger partial charge >= 0.3 is 0 Å². The molecule has 2 heterocycles. The third kappa shape index (κ3) is 3.37. The highest BCUT2D eigenvalue weighted by molar-refractivity contribution is 9.10. The molecule has 0 aliphatic rings. The van der Waals surface area contributed by atoms with Crippen molar-refractivity contribution < 1.29 is 0 Å². The summed E-state index contributed by atoms with van der Waals surface area (Å²) in [7, 11) is 0. The highest BCUT2D eigenvalue weighted by atomic mass is 79.9. The Kier molecular flexibility index (Phi) is 4.36. The van der Waals surface area contributed by atoms with Crippen molar-refractivity contribution in [3.63, 3.8) is 0 Å². The van der Waals surface area contributed by atoms with Crippen LogP contribution in [-0.2, 0) is 6.42 Å². The Morgan fingerprint density at radius 1 is 1.53 bits per heavy atom. The fourth-order valence-corrected chi connectivity index (χ4v) is 4.12. The summed E-state index contributed by atoms with van der Waals surface area (Å²) in [4.78, 5) is 7.24. The van der Waals surface area contributed by atoms with Gasteiger partial charge in [-0.1, -0.05) is 0 Å². The molecule has 0 saturated heterocycles. The molecule has 0 fully saturated rings. The molecule has 0 aliphatic heterocycles. The molecule has 0 aliphatic carbocycles. The summed E-state index contributed by atoms with van der Waals surface area (Å²) >= 11 is 6.99. The van der Waals surface area contributed by atoms with Gasteiger partial charge in [0.15, 0.2) is 0 Å². The second kappa shape index (κ2) is 5.61. The predicted octanol–water partition coefficient (Wildman–Crippen LogP) is 4.22. The van der Waals surface area contributed by atoms with E-state index in [0.717, 1.165) is 28.0 Å². The molecular formula is C12H15BrN2S2. The zero-order valence-corrected chi connectivity index (χ0v) is 13.1. The number of nitrogens with two attached hydrogens (primary N) is 1. The van der Waals surface area contributed by atoms with Crippen LogP contribution in [0.15, 0.2) is 15.9 Å². The lowest BCUT2D eigenvalue weighted by Gasteiger charge is -2.02. The Balaban J connectivity index is 2.18. The molecular weight excluding hydrogens is 316 g/mol. The minimum Gasteiger partial charge on any atom is -0.328 e. The van der Waals surface area contributed by atoms with Crippen LogP contribution in [0, 0.1) is 6.92 Å². The quantitative estimate of drug-likeness (QED) is 0.911. The average Bonchev–Trinajstić information content (AvgIpc) is 2.82. The Labute approximate surface area is 118 Å². The number of thiophene rings is 1. The third-order valence-corrected chi connectivity index (χ3v) is 5.58. The first-order chi connectivity index (χ1) is 8.06. The second-order valence-corrected chi connectivity index (χ2v) is 7.08. The standard InChI is InChI=1S/C12H15BrN2S2/c1-7(14)3-4-10-8(2)15-12(17-10)11-5-9(13)6-16-11/h5-7H,3-4,14H2,1-2H3. The Hall–Kier alpha value is -0.230. The van der Waals surface area contributed by atoms with E-state index in [4.69, 9.17) is 5.73 Å². The molecule has 2 aromatic heterocycles. The van der Waals surface area contributed by atoms with Gasteiger partial charge < -0.3 is 5.73 Å². The van der Waals surface area contributed by atoms with Crippen molar-refractivity contribution in [1.82, 2.24) is 4.98 Å². The molecule has 2 rings (SSSR count). The van der Waals surface area contributed by atoms with E-state index in [1.165, 1.54) is 9.75 Å². The number of nitrogens with zero attached hydrogens (tertiary/aromatic N) is 1. The minimum atomic E-state index is 0.260. The van der Waals surface area contributed by atoms with Gasteiger partial charge in [0.2, 0.25) is 0 Å². The molecule has 1 atom stereocenters. The van der Waals surface area contributed by atoms with Crippen molar-refractivity contribution in [3.05, 3.63) is 26.5 Å². The first kappa shape index (κ1) is 13.2. The lowest BCUT2D eigenvalue weighted by atomic mass is 10.1. The zero-order chi connectivity index (χ0) is 12.4. The molecule has 0 saturated carbocycles. The highest BCUT2D eigenvalue weighted by Crippen LogP contribution is 2.34. The number of rotatable bonds is 4. The third-order valence-electron chi connectivity index (χ3n) is 2.50. The van der Waals surface area contributed by atoms with E-state index in [-0.39, 0.29) is 6.04 Å². The average molecular weight is 331 g/mol.